The minimum atomic E-state index is -0.296. The molecule has 2 aromatic carbocycles. The van der Waals surface area contributed by atoms with Crippen molar-refractivity contribution in [3.05, 3.63) is 76.9 Å². The molecule has 0 bridgehead atoms. The Morgan fingerprint density at radius 1 is 1.07 bits per heavy atom. The number of pyridine rings is 1. The van der Waals surface area contributed by atoms with Crippen molar-refractivity contribution in [2.75, 3.05) is 17.3 Å². The van der Waals surface area contributed by atoms with Crippen molar-refractivity contribution in [2.45, 2.75) is 26.2 Å². The first-order valence-electron chi connectivity index (χ1n) is 9.24. The molecule has 3 rings (SSSR count). The smallest absolute Gasteiger partial charge is 0.255 e. The molecule has 0 fully saturated rings. The van der Waals surface area contributed by atoms with E-state index in [1.54, 1.807) is 36.3 Å². The number of amides is 1. The summed E-state index contributed by atoms with van der Waals surface area (Å²) < 4.78 is 0. The lowest BCUT2D eigenvalue weighted by molar-refractivity contribution is 0.102. The topological polar surface area (TPSA) is 65.1 Å². The number of hydrogen-bond acceptors (Lipinski definition) is 3. The second-order valence-electron chi connectivity index (χ2n) is 7.83. The van der Waals surface area contributed by atoms with Gasteiger partial charge in [0, 0.05) is 24.5 Å². The van der Waals surface area contributed by atoms with Crippen molar-refractivity contribution in [3.8, 4) is 5.75 Å². The molecule has 29 heavy (non-hydrogen) atoms. The number of anilines is 3. The maximum atomic E-state index is 12.7. The van der Waals surface area contributed by atoms with Crippen LogP contribution in [0.25, 0.3) is 0 Å². The van der Waals surface area contributed by atoms with E-state index in [2.05, 4.69) is 31.1 Å². The summed E-state index contributed by atoms with van der Waals surface area (Å²) in [5, 5.41) is 15.7. The highest BCUT2D eigenvalue weighted by molar-refractivity contribution is 6.33. The van der Waals surface area contributed by atoms with Gasteiger partial charge in [0.05, 0.1) is 10.7 Å². The lowest BCUT2D eigenvalue weighted by atomic mass is 9.87. The minimum absolute atomic E-state index is 0.0404. The van der Waals surface area contributed by atoms with Crippen molar-refractivity contribution in [2.24, 2.45) is 0 Å². The Labute approximate surface area is 176 Å². The zero-order valence-corrected chi connectivity index (χ0v) is 17.6. The van der Waals surface area contributed by atoms with Crippen LogP contribution in [-0.2, 0) is 10.5 Å². The second-order valence-corrected chi connectivity index (χ2v) is 8.24. The maximum Gasteiger partial charge on any atom is 0.255 e. The molecule has 0 unspecified atom stereocenters. The van der Waals surface area contributed by atoms with Crippen LogP contribution in [0.5, 0.6) is 5.75 Å². The van der Waals surface area contributed by atoms with Crippen LogP contribution in [-0.4, -0.2) is 17.9 Å². The average Bonchev–Trinajstić information content (AvgIpc) is 2.68. The third kappa shape index (κ3) is 4.69. The first-order chi connectivity index (χ1) is 13.7. The van der Waals surface area contributed by atoms with Gasteiger partial charge in [-0.05, 0) is 53.4 Å². The Morgan fingerprint density at radius 2 is 1.76 bits per heavy atom. The van der Waals surface area contributed by atoms with E-state index in [1.165, 1.54) is 17.7 Å². The van der Waals surface area contributed by atoms with Gasteiger partial charge >= 0.3 is 0 Å². The van der Waals surface area contributed by atoms with Gasteiger partial charge in [-0.3, -0.25) is 9.90 Å². The molecule has 1 aromatic heterocycles. The highest BCUT2D eigenvalue weighted by Crippen LogP contribution is 2.35. The molecule has 3 aromatic rings. The van der Waals surface area contributed by atoms with Crippen molar-refractivity contribution in [1.82, 2.24) is 4.98 Å². The van der Waals surface area contributed by atoms with Crippen LogP contribution < -0.4 is 10.2 Å². The van der Waals surface area contributed by atoms with E-state index in [0.29, 0.717) is 27.8 Å². The van der Waals surface area contributed by atoms with E-state index in [0.717, 1.165) is 0 Å². The van der Waals surface area contributed by atoms with Gasteiger partial charge in [0.1, 0.15) is 0 Å². The summed E-state index contributed by atoms with van der Waals surface area (Å²) in [6.45, 7) is 6.41. The molecule has 5 nitrogen and oxygen atoms in total. The summed E-state index contributed by atoms with van der Waals surface area (Å²) in [5.41, 5.74) is 2.61. The molecule has 0 atom stereocenters. The number of nitrogens with zero attached hydrogens (tertiary/aromatic N) is 2. The van der Waals surface area contributed by atoms with Crippen LogP contribution in [0, 0.1) is 0 Å². The lowest BCUT2D eigenvalue weighted by Gasteiger charge is -2.20. The molecule has 0 spiro atoms. The van der Waals surface area contributed by atoms with Crippen LogP contribution in [0.2, 0.25) is 5.02 Å². The average molecular weight is 409 g/mol. The van der Waals surface area contributed by atoms with Gasteiger partial charge in [0.2, 0.25) is 5.75 Å². The van der Waals surface area contributed by atoms with Gasteiger partial charge in [0.15, 0.2) is 5.82 Å². The van der Waals surface area contributed by atoms with E-state index in [-0.39, 0.29) is 17.1 Å². The molecule has 1 radical (unpaired) electrons. The summed E-state index contributed by atoms with van der Waals surface area (Å²) in [7, 11) is 1.69. The van der Waals surface area contributed by atoms with E-state index in [1.807, 2.05) is 24.3 Å². The van der Waals surface area contributed by atoms with Gasteiger partial charge in [-0.25, -0.2) is 4.98 Å². The zero-order valence-electron chi connectivity index (χ0n) is 16.9. The Bertz CT molecular complexity index is 1030. The monoisotopic (exact) mass is 408 g/mol. The summed E-state index contributed by atoms with van der Waals surface area (Å²) in [4.78, 5) is 18.5. The predicted octanol–water partition coefficient (Wildman–Crippen LogP) is 6.20. The molecule has 6 heteroatoms. The summed E-state index contributed by atoms with van der Waals surface area (Å²) >= 11 is 6.19. The largest absolute Gasteiger partial charge is 0.325 e. The van der Waals surface area contributed by atoms with E-state index < -0.39 is 0 Å². The number of carbonyl (C=O) groups is 1. The molecule has 1 heterocycles. The molecule has 1 N–H and O–H groups in total. The number of rotatable bonds is 4. The number of aromatic nitrogens is 1. The predicted molar refractivity (Wildman–Crippen MR) is 117 cm³/mol. The van der Waals surface area contributed by atoms with Gasteiger partial charge in [-0.15, -0.1) is 0 Å². The van der Waals surface area contributed by atoms with E-state index in [9.17, 15) is 9.90 Å². The molecule has 1 amide bonds. The summed E-state index contributed by atoms with van der Waals surface area (Å²) in [6.07, 6.45) is 1.60. The molecule has 0 saturated heterocycles. The van der Waals surface area contributed by atoms with Gasteiger partial charge in [0.25, 0.3) is 5.91 Å². The Kier molecular flexibility index (Phi) is 5.80. The van der Waals surface area contributed by atoms with Crippen molar-refractivity contribution in [3.63, 3.8) is 0 Å². The second kappa shape index (κ2) is 8.13. The molecule has 0 aliphatic carbocycles. The van der Waals surface area contributed by atoms with Gasteiger partial charge < -0.3 is 10.2 Å². The standard InChI is InChI=1S/C23H23ClN3O2/c1-23(2,3)16-8-10-17(11-9-16)26-22(29)15-7-12-20(28)19(14-15)27(4)21-18(24)6-5-13-25-21/h5-14H,1-4H3,(H,26,29). The third-order valence-electron chi connectivity index (χ3n) is 4.65. The number of nitrogens with one attached hydrogen (secondary N) is 1. The quantitative estimate of drug-likeness (QED) is 0.559. The van der Waals surface area contributed by atoms with Crippen molar-refractivity contribution in [1.29, 1.82) is 0 Å². The molecular weight excluding hydrogens is 386 g/mol. The Hall–Kier alpha value is -3.05. The number of hydrogen-bond donors (Lipinski definition) is 1. The van der Waals surface area contributed by atoms with Gasteiger partial charge in [-0.2, -0.15) is 0 Å². The van der Waals surface area contributed by atoms with Crippen molar-refractivity contribution < 1.29 is 9.90 Å². The van der Waals surface area contributed by atoms with Crippen LogP contribution in [0.3, 0.4) is 0 Å². The number of halogens is 1. The summed E-state index contributed by atoms with van der Waals surface area (Å²) in [6, 6.07) is 15.6. The highest BCUT2D eigenvalue weighted by Gasteiger charge is 2.18. The molecular formula is C23H23ClN3O2. The first-order valence-corrected chi connectivity index (χ1v) is 9.62. The maximum absolute atomic E-state index is 12.7. The fourth-order valence-corrected chi connectivity index (χ4v) is 3.16. The zero-order chi connectivity index (χ0) is 21.2. The molecule has 0 aliphatic heterocycles. The number of benzene rings is 2. The SMILES string of the molecule is CN(c1cc(C(=O)Nc2ccc(C(C)(C)C)cc2)ccc1[O])c1ncccc1Cl. The highest BCUT2D eigenvalue weighted by atomic mass is 35.5. The Morgan fingerprint density at radius 3 is 2.38 bits per heavy atom. The van der Waals surface area contributed by atoms with Crippen LogP contribution >= 0.6 is 11.6 Å². The fraction of sp³-hybridized carbons (Fsp3) is 0.217. The van der Waals surface area contributed by atoms with Crippen molar-refractivity contribution >= 4 is 34.7 Å². The van der Waals surface area contributed by atoms with E-state index in [4.69, 9.17) is 11.6 Å². The Balaban J connectivity index is 1.83. The minimum Gasteiger partial charge on any atom is -0.325 e. The summed E-state index contributed by atoms with van der Waals surface area (Å²) in [5.74, 6) is -0.0721. The van der Waals surface area contributed by atoms with E-state index >= 15 is 0 Å². The lowest BCUT2D eigenvalue weighted by Crippen LogP contribution is -2.15. The first kappa shape index (κ1) is 20.7. The van der Waals surface area contributed by atoms with Crippen LogP contribution in [0.1, 0.15) is 36.7 Å². The molecule has 0 saturated carbocycles. The van der Waals surface area contributed by atoms with Crippen LogP contribution in [0.4, 0.5) is 17.2 Å². The molecule has 0 aliphatic rings. The number of carbonyl (C=O) groups excluding carboxylic acids is 1. The normalized spacial score (nSPS) is 11.2. The van der Waals surface area contributed by atoms with Crippen LogP contribution in [0.15, 0.2) is 60.8 Å². The van der Waals surface area contributed by atoms with Gasteiger partial charge in [-0.1, -0.05) is 44.5 Å². The third-order valence-corrected chi connectivity index (χ3v) is 4.94. The fourth-order valence-electron chi connectivity index (χ4n) is 2.92. The molecule has 149 valence electrons.